The van der Waals surface area contributed by atoms with Crippen LogP contribution in [0, 0.1) is 12.8 Å². The van der Waals surface area contributed by atoms with Crippen LogP contribution in [0.4, 0.5) is 5.82 Å². The minimum Gasteiger partial charge on any atom is -0.364 e. The second kappa shape index (κ2) is 7.34. The van der Waals surface area contributed by atoms with Gasteiger partial charge in [0, 0.05) is 25.6 Å². The van der Waals surface area contributed by atoms with Crippen molar-refractivity contribution in [3.63, 3.8) is 0 Å². The van der Waals surface area contributed by atoms with Gasteiger partial charge in [-0.15, -0.1) is 0 Å². The third kappa shape index (κ3) is 3.49. The molecular formula is C20H24N6O. The Bertz CT molecular complexity index is 966. The molecule has 27 heavy (non-hydrogen) atoms. The van der Waals surface area contributed by atoms with E-state index >= 15 is 0 Å². The van der Waals surface area contributed by atoms with Gasteiger partial charge in [-0.3, -0.25) is 4.79 Å². The number of nitrogens with one attached hydrogen (secondary N) is 2. The zero-order valence-corrected chi connectivity index (χ0v) is 15.6. The molecule has 1 saturated carbocycles. The molecule has 2 N–H and O–H groups in total. The van der Waals surface area contributed by atoms with E-state index < -0.39 is 0 Å². The molecule has 1 fully saturated rings. The highest BCUT2D eigenvalue weighted by molar-refractivity contribution is 5.83. The summed E-state index contributed by atoms with van der Waals surface area (Å²) in [5.74, 6) is 0.927. The zero-order valence-electron chi connectivity index (χ0n) is 15.6. The highest BCUT2D eigenvalue weighted by Gasteiger charge is 2.31. The quantitative estimate of drug-likeness (QED) is 0.727. The van der Waals surface area contributed by atoms with E-state index in [1.807, 2.05) is 6.33 Å². The Morgan fingerprint density at radius 1 is 1.26 bits per heavy atom. The summed E-state index contributed by atoms with van der Waals surface area (Å²) in [6, 6.07) is 8.63. The molecule has 1 aromatic carbocycles. The molecular weight excluding hydrogens is 340 g/mol. The van der Waals surface area contributed by atoms with E-state index in [0.29, 0.717) is 6.54 Å². The molecule has 7 nitrogen and oxygen atoms in total. The molecule has 1 aliphatic rings. The van der Waals surface area contributed by atoms with Gasteiger partial charge in [-0.25, -0.2) is 15.0 Å². The number of imidazole rings is 1. The Labute approximate surface area is 158 Å². The fourth-order valence-corrected chi connectivity index (χ4v) is 3.91. The third-order valence-electron chi connectivity index (χ3n) is 5.32. The molecule has 2 unspecified atom stereocenters. The molecule has 1 aliphatic carbocycles. The average molecular weight is 364 g/mol. The summed E-state index contributed by atoms with van der Waals surface area (Å²) in [6.45, 7) is 2.77. The number of aryl methyl sites for hydroxylation is 1. The number of hydrogen-bond donors (Lipinski definition) is 2. The first kappa shape index (κ1) is 17.5. The number of anilines is 1. The van der Waals surface area contributed by atoms with Crippen molar-refractivity contribution in [3.05, 3.63) is 48.0 Å². The van der Waals surface area contributed by atoms with E-state index in [4.69, 9.17) is 0 Å². The number of carbonyl (C=O) groups excluding carboxylic acids is 1. The highest BCUT2D eigenvalue weighted by atomic mass is 16.1. The fourth-order valence-electron chi connectivity index (χ4n) is 3.91. The van der Waals surface area contributed by atoms with Crippen LogP contribution in [0.2, 0.25) is 0 Å². The standard InChI is InChI=1S/C20H24N6O/c1-13-4-3-5-14(8-13)10-22-18-17-19(24-11-23-18)26(12-25-17)16-7-6-15(9-16)20(27)21-2/h3-5,8,11-12,15-16H,6-7,9-10H2,1-2H3,(H,21,27)(H,22,23,24). The summed E-state index contributed by atoms with van der Waals surface area (Å²) in [7, 11) is 1.70. The van der Waals surface area contributed by atoms with Crippen LogP contribution in [0.5, 0.6) is 0 Å². The van der Waals surface area contributed by atoms with Crippen LogP contribution in [0.15, 0.2) is 36.9 Å². The van der Waals surface area contributed by atoms with Gasteiger partial charge in [0.05, 0.1) is 6.33 Å². The molecule has 3 aromatic rings. The van der Waals surface area contributed by atoms with Crippen molar-refractivity contribution in [2.75, 3.05) is 12.4 Å². The first-order valence-electron chi connectivity index (χ1n) is 9.34. The van der Waals surface area contributed by atoms with Crippen LogP contribution in [-0.4, -0.2) is 32.5 Å². The molecule has 1 amide bonds. The lowest BCUT2D eigenvalue weighted by Gasteiger charge is -2.13. The lowest BCUT2D eigenvalue weighted by atomic mass is 10.1. The summed E-state index contributed by atoms with van der Waals surface area (Å²) < 4.78 is 2.10. The van der Waals surface area contributed by atoms with Crippen molar-refractivity contribution >= 4 is 22.9 Å². The summed E-state index contributed by atoms with van der Waals surface area (Å²) in [4.78, 5) is 25.3. The molecule has 0 bridgehead atoms. The topological polar surface area (TPSA) is 84.7 Å². The van der Waals surface area contributed by atoms with Gasteiger partial charge < -0.3 is 15.2 Å². The minimum absolute atomic E-state index is 0.0678. The van der Waals surface area contributed by atoms with Gasteiger partial charge in [-0.05, 0) is 31.7 Å². The molecule has 0 spiro atoms. The largest absolute Gasteiger partial charge is 0.364 e. The predicted octanol–water partition coefficient (Wildman–Crippen LogP) is 2.83. The van der Waals surface area contributed by atoms with Gasteiger partial charge in [0.25, 0.3) is 0 Å². The van der Waals surface area contributed by atoms with Crippen molar-refractivity contribution in [1.82, 2.24) is 24.8 Å². The Morgan fingerprint density at radius 3 is 2.96 bits per heavy atom. The van der Waals surface area contributed by atoms with E-state index in [-0.39, 0.29) is 17.9 Å². The molecule has 0 aliphatic heterocycles. The van der Waals surface area contributed by atoms with Crippen molar-refractivity contribution in [2.45, 2.75) is 38.8 Å². The van der Waals surface area contributed by atoms with Gasteiger partial charge >= 0.3 is 0 Å². The Balaban J connectivity index is 1.54. The lowest BCUT2D eigenvalue weighted by Crippen LogP contribution is -2.25. The second-order valence-corrected chi connectivity index (χ2v) is 7.17. The Hall–Kier alpha value is -2.96. The number of benzene rings is 1. The van der Waals surface area contributed by atoms with Crippen molar-refractivity contribution < 1.29 is 4.79 Å². The molecule has 7 heteroatoms. The number of fused-ring (bicyclic) bond motifs is 1. The van der Waals surface area contributed by atoms with Crippen LogP contribution < -0.4 is 10.6 Å². The Kier molecular flexibility index (Phi) is 4.75. The van der Waals surface area contributed by atoms with Gasteiger partial charge in [0.1, 0.15) is 11.8 Å². The number of rotatable bonds is 5. The van der Waals surface area contributed by atoms with Crippen molar-refractivity contribution in [2.24, 2.45) is 5.92 Å². The minimum atomic E-state index is 0.0678. The maximum absolute atomic E-state index is 11.9. The lowest BCUT2D eigenvalue weighted by molar-refractivity contribution is -0.124. The average Bonchev–Trinajstić information content (AvgIpc) is 3.33. The number of nitrogens with zero attached hydrogens (tertiary/aromatic N) is 4. The van der Waals surface area contributed by atoms with E-state index in [1.54, 1.807) is 13.4 Å². The van der Waals surface area contributed by atoms with Gasteiger partial charge in [-0.1, -0.05) is 29.8 Å². The maximum atomic E-state index is 11.9. The normalized spacial score (nSPS) is 19.3. The first-order chi connectivity index (χ1) is 13.2. The summed E-state index contributed by atoms with van der Waals surface area (Å²) in [6.07, 6.45) is 6.08. The number of hydrogen-bond acceptors (Lipinski definition) is 5. The SMILES string of the molecule is CNC(=O)C1CCC(n2cnc3c(NCc4cccc(C)c4)ncnc32)C1. The van der Waals surface area contributed by atoms with Gasteiger partial charge in [-0.2, -0.15) is 0 Å². The van der Waals surface area contributed by atoms with Crippen LogP contribution in [-0.2, 0) is 11.3 Å². The summed E-state index contributed by atoms with van der Waals surface area (Å²) >= 11 is 0. The molecule has 0 saturated heterocycles. The van der Waals surface area contributed by atoms with Gasteiger partial charge in [0.15, 0.2) is 11.5 Å². The second-order valence-electron chi connectivity index (χ2n) is 7.17. The van der Waals surface area contributed by atoms with E-state index in [1.165, 1.54) is 11.1 Å². The molecule has 2 atom stereocenters. The monoisotopic (exact) mass is 364 g/mol. The molecule has 0 radical (unpaired) electrons. The number of amides is 1. The summed E-state index contributed by atoms with van der Waals surface area (Å²) in [5.41, 5.74) is 4.02. The number of aromatic nitrogens is 4. The molecule has 2 aromatic heterocycles. The molecule has 140 valence electrons. The highest BCUT2D eigenvalue weighted by Crippen LogP contribution is 2.36. The van der Waals surface area contributed by atoms with Gasteiger partial charge in [0.2, 0.25) is 5.91 Å². The van der Waals surface area contributed by atoms with Crippen LogP contribution in [0.3, 0.4) is 0 Å². The molecule has 4 rings (SSSR count). The van der Waals surface area contributed by atoms with Crippen LogP contribution in [0.1, 0.15) is 36.4 Å². The summed E-state index contributed by atoms with van der Waals surface area (Å²) in [5, 5.41) is 6.14. The Morgan fingerprint density at radius 2 is 2.15 bits per heavy atom. The zero-order chi connectivity index (χ0) is 18.8. The predicted molar refractivity (Wildman–Crippen MR) is 104 cm³/mol. The van der Waals surface area contributed by atoms with Crippen LogP contribution in [0.25, 0.3) is 11.2 Å². The van der Waals surface area contributed by atoms with Crippen molar-refractivity contribution in [3.8, 4) is 0 Å². The van der Waals surface area contributed by atoms with Crippen molar-refractivity contribution in [1.29, 1.82) is 0 Å². The third-order valence-corrected chi connectivity index (χ3v) is 5.32. The fraction of sp³-hybridized carbons (Fsp3) is 0.400. The molecule has 2 heterocycles. The number of carbonyl (C=O) groups is 1. The maximum Gasteiger partial charge on any atom is 0.222 e. The van der Waals surface area contributed by atoms with Crippen LogP contribution >= 0.6 is 0 Å². The van der Waals surface area contributed by atoms with E-state index in [2.05, 4.69) is 61.3 Å². The van der Waals surface area contributed by atoms with E-state index in [0.717, 1.165) is 36.2 Å². The smallest absolute Gasteiger partial charge is 0.222 e. The van der Waals surface area contributed by atoms with E-state index in [9.17, 15) is 4.79 Å². The first-order valence-corrected chi connectivity index (χ1v) is 9.34.